The maximum Gasteiger partial charge on any atom is 0.287 e. The number of rotatable bonds is 5. The van der Waals surface area contributed by atoms with Gasteiger partial charge < -0.3 is 19.4 Å². The Labute approximate surface area is 200 Å². The highest BCUT2D eigenvalue weighted by Gasteiger charge is 2.32. The first-order valence-corrected chi connectivity index (χ1v) is 13.0. The molecule has 9 nitrogen and oxygen atoms in total. The molecule has 0 aliphatic carbocycles. The minimum atomic E-state index is -3.65. The van der Waals surface area contributed by atoms with Crippen molar-refractivity contribution in [3.8, 4) is 0 Å². The quantitative estimate of drug-likeness (QED) is 0.691. The second-order valence-corrected chi connectivity index (χ2v) is 11.0. The molecule has 2 fully saturated rings. The van der Waals surface area contributed by atoms with Crippen molar-refractivity contribution in [3.05, 3.63) is 53.5 Å². The molecule has 184 valence electrons. The summed E-state index contributed by atoms with van der Waals surface area (Å²) in [6.07, 6.45) is 0.930. The Morgan fingerprint density at radius 1 is 0.971 bits per heavy atom. The fourth-order valence-corrected chi connectivity index (χ4v) is 6.06. The Hall–Kier alpha value is -2.69. The van der Waals surface area contributed by atoms with Crippen LogP contribution in [-0.2, 0) is 14.8 Å². The molecule has 1 aromatic heterocycles. The van der Waals surface area contributed by atoms with E-state index in [1.165, 1.54) is 16.4 Å². The zero-order valence-corrected chi connectivity index (χ0v) is 20.5. The molecular weight excluding hydrogens is 458 g/mol. The normalized spacial score (nSPS) is 22.5. The van der Waals surface area contributed by atoms with Gasteiger partial charge in [-0.1, -0.05) is 0 Å². The number of furan rings is 1. The zero-order valence-electron chi connectivity index (χ0n) is 19.7. The maximum absolute atomic E-state index is 13.0. The van der Waals surface area contributed by atoms with Gasteiger partial charge in [0.1, 0.15) is 5.76 Å². The summed E-state index contributed by atoms with van der Waals surface area (Å²) in [5.74, 6) is 0.563. The highest BCUT2D eigenvalue weighted by molar-refractivity contribution is 7.89. The van der Waals surface area contributed by atoms with Gasteiger partial charge in [0.2, 0.25) is 10.0 Å². The van der Waals surface area contributed by atoms with Gasteiger partial charge in [0, 0.05) is 37.8 Å². The first kappa shape index (κ1) is 24.4. The van der Waals surface area contributed by atoms with Crippen LogP contribution >= 0.6 is 0 Å². The SMILES string of the molecule is Cc1ccc(C(=O)NC2CCN(C(=O)c3ccc(S(=O)(=O)N4CC(C)OC(C)C4)cc3)CC2)o1. The van der Waals surface area contributed by atoms with E-state index in [1.807, 2.05) is 13.8 Å². The van der Waals surface area contributed by atoms with Crippen LogP contribution in [0.15, 0.2) is 45.7 Å². The lowest BCUT2D eigenvalue weighted by atomic mass is 10.0. The molecule has 1 N–H and O–H groups in total. The van der Waals surface area contributed by atoms with E-state index in [0.717, 1.165) is 0 Å². The monoisotopic (exact) mass is 489 g/mol. The molecule has 0 saturated carbocycles. The van der Waals surface area contributed by atoms with Crippen molar-refractivity contribution in [1.82, 2.24) is 14.5 Å². The average molecular weight is 490 g/mol. The molecule has 2 saturated heterocycles. The molecule has 0 spiro atoms. The first-order chi connectivity index (χ1) is 16.1. The van der Waals surface area contributed by atoms with E-state index in [-0.39, 0.29) is 40.7 Å². The molecule has 1 aromatic carbocycles. The number of sulfonamides is 1. The predicted octanol–water partition coefficient (Wildman–Crippen LogP) is 2.42. The number of carbonyl (C=O) groups excluding carboxylic acids is 2. The third-order valence-corrected chi connectivity index (χ3v) is 8.05. The average Bonchev–Trinajstić information content (AvgIpc) is 3.25. The summed E-state index contributed by atoms with van der Waals surface area (Å²) in [5.41, 5.74) is 0.441. The Morgan fingerprint density at radius 3 is 2.15 bits per heavy atom. The van der Waals surface area contributed by atoms with E-state index >= 15 is 0 Å². The number of morpholine rings is 1. The summed E-state index contributed by atoms with van der Waals surface area (Å²) < 4.78 is 38.5. The summed E-state index contributed by atoms with van der Waals surface area (Å²) in [7, 11) is -3.65. The summed E-state index contributed by atoms with van der Waals surface area (Å²) in [4.78, 5) is 27.1. The van der Waals surface area contributed by atoms with Crippen molar-refractivity contribution in [2.45, 2.75) is 56.8 Å². The maximum atomic E-state index is 13.0. The molecule has 0 radical (unpaired) electrons. The number of likely N-dealkylation sites (tertiary alicyclic amines) is 1. The molecule has 2 atom stereocenters. The van der Waals surface area contributed by atoms with Gasteiger partial charge in [0.15, 0.2) is 5.76 Å². The van der Waals surface area contributed by atoms with Crippen LogP contribution in [0.3, 0.4) is 0 Å². The second kappa shape index (κ2) is 9.89. The van der Waals surface area contributed by atoms with E-state index < -0.39 is 10.0 Å². The number of hydrogen-bond donors (Lipinski definition) is 1. The number of piperidine rings is 1. The topological polar surface area (TPSA) is 109 Å². The van der Waals surface area contributed by atoms with Gasteiger partial charge in [-0.05, 0) is 70.0 Å². The van der Waals surface area contributed by atoms with E-state index in [9.17, 15) is 18.0 Å². The number of hydrogen-bond acceptors (Lipinski definition) is 6. The summed E-state index contributed by atoms with van der Waals surface area (Å²) in [6, 6.07) is 9.47. The first-order valence-electron chi connectivity index (χ1n) is 11.6. The number of nitrogens with zero attached hydrogens (tertiary/aromatic N) is 2. The standard InChI is InChI=1S/C24H31N3O6S/c1-16-4-9-22(33-16)23(28)25-20-10-12-26(13-11-20)24(29)19-5-7-21(8-6-19)34(30,31)27-14-17(2)32-18(3)15-27/h4-9,17-18,20H,10-15H2,1-3H3,(H,25,28). The molecule has 2 aliphatic rings. The van der Waals surface area contributed by atoms with Gasteiger partial charge in [-0.2, -0.15) is 4.31 Å². The Kier molecular flexibility index (Phi) is 7.11. The van der Waals surface area contributed by atoms with Gasteiger partial charge in [-0.25, -0.2) is 8.42 Å². The van der Waals surface area contributed by atoms with Gasteiger partial charge in [0.05, 0.1) is 17.1 Å². The third kappa shape index (κ3) is 5.34. The van der Waals surface area contributed by atoms with Gasteiger partial charge in [0.25, 0.3) is 11.8 Å². The molecule has 3 heterocycles. The van der Waals surface area contributed by atoms with Crippen LogP contribution in [0.2, 0.25) is 0 Å². The highest BCUT2D eigenvalue weighted by atomic mass is 32.2. The predicted molar refractivity (Wildman–Crippen MR) is 125 cm³/mol. The van der Waals surface area contributed by atoms with Gasteiger partial charge in [-0.15, -0.1) is 0 Å². The van der Waals surface area contributed by atoms with Crippen LogP contribution < -0.4 is 5.32 Å². The fourth-order valence-electron chi connectivity index (χ4n) is 4.47. The van der Waals surface area contributed by atoms with E-state index in [4.69, 9.17) is 9.15 Å². The summed E-state index contributed by atoms with van der Waals surface area (Å²) >= 11 is 0. The van der Waals surface area contributed by atoms with Crippen LogP contribution in [0.1, 0.15) is 53.4 Å². The number of ether oxygens (including phenoxy) is 1. The summed E-state index contributed by atoms with van der Waals surface area (Å²) in [6.45, 7) is 7.11. The largest absolute Gasteiger partial charge is 0.456 e. The van der Waals surface area contributed by atoms with Crippen LogP contribution in [0.25, 0.3) is 0 Å². The number of carbonyl (C=O) groups is 2. The molecule has 4 rings (SSSR count). The van der Waals surface area contributed by atoms with E-state index in [1.54, 1.807) is 36.1 Å². The van der Waals surface area contributed by atoms with Crippen LogP contribution in [0.5, 0.6) is 0 Å². The van der Waals surface area contributed by atoms with Crippen LogP contribution in [0, 0.1) is 6.92 Å². The van der Waals surface area contributed by atoms with Gasteiger partial charge >= 0.3 is 0 Å². The lowest BCUT2D eigenvalue weighted by molar-refractivity contribution is -0.0440. The number of aryl methyl sites for hydroxylation is 1. The number of amides is 2. The minimum absolute atomic E-state index is 0.0345. The molecule has 2 unspecified atom stereocenters. The van der Waals surface area contributed by atoms with Crippen LogP contribution in [0.4, 0.5) is 0 Å². The van der Waals surface area contributed by atoms with Crippen molar-refractivity contribution >= 4 is 21.8 Å². The molecule has 34 heavy (non-hydrogen) atoms. The zero-order chi connectivity index (χ0) is 24.5. The lowest BCUT2D eigenvalue weighted by Gasteiger charge is -2.34. The van der Waals surface area contributed by atoms with Crippen molar-refractivity contribution in [2.24, 2.45) is 0 Å². The second-order valence-electron chi connectivity index (χ2n) is 9.05. The smallest absolute Gasteiger partial charge is 0.287 e. The Bertz CT molecular complexity index is 1130. The number of nitrogens with one attached hydrogen (secondary N) is 1. The lowest BCUT2D eigenvalue weighted by Crippen LogP contribution is -2.48. The van der Waals surface area contributed by atoms with Crippen molar-refractivity contribution in [2.75, 3.05) is 26.2 Å². The van der Waals surface area contributed by atoms with E-state index in [0.29, 0.717) is 50.3 Å². The van der Waals surface area contributed by atoms with Crippen LogP contribution in [-0.4, -0.2) is 73.9 Å². The molecule has 0 bridgehead atoms. The Morgan fingerprint density at radius 2 is 1.59 bits per heavy atom. The van der Waals surface area contributed by atoms with Crippen molar-refractivity contribution in [1.29, 1.82) is 0 Å². The van der Waals surface area contributed by atoms with Crippen molar-refractivity contribution in [3.63, 3.8) is 0 Å². The fraction of sp³-hybridized carbons (Fsp3) is 0.500. The molecular formula is C24H31N3O6S. The van der Waals surface area contributed by atoms with E-state index in [2.05, 4.69) is 5.32 Å². The minimum Gasteiger partial charge on any atom is -0.456 e. The summed E-state index contributed by atoms with van der Waals surface area (Å²) in [5, 5.41) is 2.96. The third-order valence-electron chi connectivity index (χ3n) is 6.21. The number of benzene rings is 1. The molecule has 2 aliphatic heterocycles. The molecule has 2 aromatic rings. The molecule has 10 heteroatoms. The van der Waals surface area contributed by atoms with Gasteiger partial charge in [-0.3, -0.25) is 9.59 Å². The molecule has 2 amide bonds. The Balaban J connectivity index is 1.34. The van der Waals surface area contributed by atoms with Crippen molar-refractivity contribution < 1.29 is 27.2 Å². The highest BCUT2D eigenvalue weighted by Crippen LogP contribution is 2.22.